The molecule has 0 heterocycles. The number of nitrogens with zero attached hydrogens (tertiary/aromatic N) is 1. The Hall–Kier alpha value is -0.990. The number of hydrogen-bond donors (Lipinski definition) is 0. The van der Waals surface area contributed by atoms with Crippen molar-refractivity contribution < 1.29 is 18.1 Å². The summed E-state index contributed by atoms with van der Waals surface area (Å²) < 4.78 is 22.0. The van der Waals surface area contributed by atoms with E-state index < -0.39 is 24.6 Å². The Bertz CT molecular complexity index is 570. The van der Waals surface area contributed by atoms with Crippen molar-refractivity contribution in [3.8, 4) is 0 Å². The summed E-state index contributed by atoms with van der Waals surface area (Å²) in [5, 5.41) is 10.5. The molecule has 0 saturated heterocycles. The van der Waals surface area contributed by atoms with E-state index >= 15 is 0 Å². The lowest BCUT2D eigenvalue weighted by Gasteiger charge is -2.03. The van der Waals surface area contributed by atoms with E-state index in [1.54, 1.807) is 0 Å². The number of carbonyl (C=O) groups is 1. The topological polar surface area (TPSA) is 94.3 Å². The fourth-order valence-electron chi connectivity index (χ4n) is 1.04. The van der Waals surface area contributed by atoms with Crippen molar-refractivity contribution in [3.63, 3.8) is 0 Å². The van der Waals surface area contributed by atoms with Gasteiger partial charge in [-0.25, -0.2) is 8.42 Å². The first-order valence-corrected chi connectivity index (χ1v) is 6.76. The maximum absolute atomic E-state index is 11.2. The number of aldehydes is 1. The molecule has 1 aromatic rings. The Morgan fingerprint density at radius 1 is 1.44 bits per heavy atom. The van der Waals surface area contributed by atoms with Gasteiger partial charge in [-0.3, -0.25) is 14.9 Å². The second-order valence-electron chi connectivity index (χ2n) is 2.63. The van der Waals surface area contributed by atoms with Crippen molar-refractivity contribution in [2.45, 2.75) is 4.90 Å². The van der Waals surface area contributed by atoms with E-state index in [0.717, 1.165) is 12.1 Å². The summed E-state index contributed by atoms with van der Waals surface area (Å²) in [6.07, 6.45) is 0.254. The summed E-state index contributed by atoms with van der Waals surface area (Å²) in [5.41, 5.74) is -0.725. The van der Waals surface area contributed by atoms with Crippen LogP contribution in [0.1, 0.15) is 10.4 Å². The quantitative estimate of drug-likeness (QED) is 0.366. The predicted molar refractivity (Wildman–Crippen MR) is 59.2 cm³/mol. The molecule has 9 heteroatoms. The van der Waals surface area contributed by atoms with Crippen LogP contribution in [0, 0.1) is 10.1 Å². The molecular weight excluding hydrogens is 326 g/mol. The molecule has 6 nitrogen and oxygen atoms in total. The molecule has 1 rings (SSSR count). The van der Waals surface area contributed by atoms with Crippen LogP contribution >= 0.6 is 26.6 Å². The van der Waals surface area contributed by atoms with Crippen molar-refractivity contribution in [1.29, 1.82) is 0 Å². The van der Waals surface area contributed by atoms with Crippen LogP contribution in [0.5, 0.6) is 0 Å². The summed E-state index contributed by atoms with van der Waals surface area (Å²) in [4.78, 5) is 19.8. The zero-order valence-corrected chi connectivity index (χ0v) is 10.5. The number of benzene rings is 1. The average molecular weight is 329 g/mol. The summed E-state index contributed by atoms with van der Waals surface area (Å²) in [6, 6.07) is 2.03. The van der Waals surface area contributed by atoms with Gasteiger partial charge in [0.1, 0.15) is 9.37 Å². The number of rotatable bonds is 3. The van der Waals surface area contributed by atoms with Gasteiger partial charge in [0.05, 0.1) is 4.92 Å². The SMILES string of the molecule is O=Cc1ccc([N+](=O)[O-])c(Br)c1S(=O)(=O)Cl. The largest absolute Gasteiger partial charge is 0.298 e. The molecule has 0 amide bonds. The lowest BCUT2D eigenvalue weighted by molar-refractivity contribution is -0.385. The average Bonchev–Trinajstić information content (AvgIpc) is 2.14. The number of nitro benzene ring substituents is 1. The highest BCUT2D eigenvalue weighted by Gasteiger charge is 2.26. The molecule has 0 bridgehead atoms. The van der Waals surface area contributed by atoms with Crippen LogP contribution < -0.4 is 0 Å². The summed E-state index contributed by atoms with van der Waals surface area (Å²) in [6.45, 7) is 0. The van der Waals surface area contributed by atoms with Crippen LogP contribution in [0.25, 0.3) is 0 Å². The normalized spacial score (nSPS) is 11.1. The molecular formula is C7H3BrClNO5S. The Morgan fingerprint density at radius 2 is 2.00 bits per heavy atom. The van der Waals surface area contributed by atoms with Gasteiger partial charge >= 0.3 is 0 Å². The van der Waals surface area contributed by atoms with E-state index in [1.165, 1.54) is 0 Å². The number of halogens is 2. The molecule has 0 radical (unpaired) electrons. The van der Waals surface area contributed by atoms with E-state index in [2.05, 4.69) is 15.9 Å². The van der Waals surface area contributed by atoms with Gasteiger partial charge in [-0.05, 0) is 22.0 Å². The molecule has 0 atom stereocenters. The highest BCUT2D eigenvalue weighted by atomic mass is 79.9. The van der Waals surface area contributed by atoms with Gasteiger partial charge in [0, 0.05) is 22.3 Å². The number of nitro groups is 1. The Kier molecular flexibility index (Phi) is 3.66. The monoisotopic (exact) mass is 327 g/mol. The van der Waals surface area contributed by atoms with Gasteiger partial charge in [0.15, 0.2) is 6.29 Å². The Balaban J connectivity index is 3.73. The minimum atomic E-state index is -4.24. The van der Waals surface area contributed by atoms with E-state index in [0.29, 0.717) is 0 Å². The lowest BCUT2D eigenvalue weighted by Crippen LogP contribution is -2.01. The zero-order chi connectivity index (χ0) is 12.5. The first-order valence-electron chi connectivity index (χ1n) is 3.65. The third kappa shape index (κ3) is 2.39. The fourth-order valence-corrected chi connectivity index (χ4v) is 3.68. The molecule has 1 aromatic carbocycles. The van der Waals surface area contributed by atoms with Gasteiger partial charge in [-0.2, -0.15) is 0 Å². The summed E-state index contributed by atoms with van der Waals surface area (Å²) in [7, 11) is 0.843. The van der Waals surface area contributed by atoms with Crippen molar-refractivity contribution in [2.75, 3.05) is 0 Å². The summed E-state index contributed by atoms with van der Waals surface area (Å²) in [5.74, 6) is 0. The van der Waals surface area contributed by atoms with Crippen LogP contribution in [0.3, 0.4) is 0 Å². The minimum absolute atomic E-state index is 0.243. The maximum Gasteiger partial charge on any atom is 0.284 e. The smallest absolute Gasteiger partial charge is 0.284 e. The second-order valence-corrected chi connectivity index (χ2v) is 5.93. The molecule has 16 heavy (non-hydrogen) atoms. The third-order valence-electron chi connectivity index (χ3n) is 1.67. The van der Waals surface area contributed by atoms with Crippen molar-refractivity contribution in [3.05, 3.63) is 32.3 Å². The number of carbonyl (C=O) groups excluding carboxylic acids is 1. The lowest BCUT2D eigenvalue weighted by atomic mass is 10.2. The molecule has 0 aromatic heterocycles. The van der Waals surface area contributed by atoms with Crippen molar-refractivity contribution in [2.24, 2.45) is 0 Å². The number of hydrogen-bond acceptors (Lipinski definition) is 5. The maximum atomic E-state index is 11.2. The van der Waals surface area contributed by atoms with Gasteiger partial charge in [0.2, 0.25) is 0 Å². The molecule has 0 N–H and O–H groups in total. The minimum Gasteiger partial charge on any atom is -0.298 e. The predicted octanol–water partition coefficient (Wildman–Crippen LogP) is 2.10. The highest BCUT2D eigenvalue weighted by Crippen LogP contribution is 2.35. The van der Waals surface area contributed by atoms with Crippen LogP contribution in [0.15, 0.2) is 21.5 Å². The summed E-state index contributed by atoms with van der Waals surface area (Å²) >= 11 is 2.75. The first-order chi connectivity index (χ1) is 7.29. The van der Waals surface area contributed by atoms with Crippen molar-refractivity contribution >= 4 is 47.6 Å². The van der Waals surface area contributed by atoms with Gasteiger partial charge in [-0.1, -0.05) is 0 Å². The standard InChI is InChI=1S/C7H3BrClNO5S/c8-6-5(10(12)13)2-1-4(3-11)7(6)16(9,14)15/h1-3H. The van der Waals surface area contributed by atoms with Crippen LogP contribution in [-0.4, -0.2) is 19.6 Å². The van der Waals surface area contributed by atoms with Crippen LogP contribution in [0.4, 0.5) is 5.69 Å². The molecule has 0 aliphatic carbocycles. The highest BCUT2D eigenvalue weighted by molar-refractivity contribution is 9.10. The molecule has 0 saturated carbocycles. The molecule has 86 valence electrons. The van der Waals surface area contributed by atoms with E-state index in [4.69, 9.17) is 10.7 Å². The van der Waals surface area contributed by atoms with E-state index in [-0.39, 0.29) is 16.3 Å². The van der Waals surface area contributed by atoms with Gasteiger partial charge in [-0.15, -0.1) is 0 Å². The van der Waals surface area contributed by atoms with Crippen LogP contribution in [0.2, 0.25) is 0 Å². The van der Waals surface area contributed by atoms with Gasteiger partial charge in [0.25, 0.3) is 14.7 Å². The fraction of sp³-hybridized carbons (Fsp3) is 0. The van der Waals surface area contributed by atoms with Crippen LogP contribution in [-0.2, 0) is 9.05 Å². The van der Waals surface area contributed by atoms with Crippen molar-refractivity contribution in [1.82, 2.24) is 0 Å². The van der Waals surface area contributed by atoms with E-state index in [9.17, 15) is 23.3 Å². The molecule has 0 spiro atoms. The third-order valence-corrected chi connectivity index (χ3v) is 4.13. The molecule has 0 fully saturated rings. The van der Waals surface area contributed by atoms with E-state index in [1.807, 2.05) is 0 Å². The van der Waals surface area contributed by atoms with Gasteiger partial charge < -0.3 is 0 Å². The second kappa shape index (κ2) is 4.48. The molecule has 0 unspecified atom stereocenters. The molecule has 0 aliphatic heterocycles. The Labute approximate surface area is 103 Å². The first kappa shape index (κ1) is 13.1. The zero-order valence-electron chi connectivity index (χ0n) is 7.38. The Morgan fingerprint density at radius 3 is 2.38 bits per heavy atom. The molecule has 0 aliphatic rings.